The van der Waals surface area contributed by atoms with Crippen molar-refractivity contribution >= 4 is 17.7 Å². The minimum Gasteiger partial charge on any atom is -0.336 e. The molecular formula is C16H23N7O3. The molecule has 0 aromatic carbocycles. The van der Waals surface area contributed by atoms with Crippen molar-refractivity contribution in [1.29, 1.82) is 0 Å². The van der Waals surface area contributed by atoms with Crippen LogP contribution < -0.4 is 5.32 Å². The lowest BCUT2D eigenvalue weighted by atomic mass is 10.00. The molecule has 1 aromatic heterocycles. The van der Waals surface area contributed by atoms with Gasteiger partial charge in [0.25, 0.3) is 5.91 Å². The maximum atomic E-state index is 12.6. The number of piperazine rings is 1. The number of carbonyl (C=O) groups excluding carboxylic acids is 3. The first-order valence-corrected chi connectivity index (χ1v) is 8.98. The second kappa shape index (κ2) is 6.76. The molecule has 2 atom stereocenters. The molecule has 3 aliphatic rings. The number of hydrogen-bond acceptors (Lipinski definition) is 7. The highest BCUT2D eigenvalue weighted by molar-refractivity contribution is 6.06. The van der Waals surface area contributed by atoms with E-state index in [0.717, 1.165) is 32.7 Å². The van der Waals surface area contributed by atoms with E-state index in [1.165, 1.54) is 11.9 Å². The standard InChI is InChI=1S/C16H23N7O3/c1-20-14(24)11-8-22(9-12(11)15(20)25)16(26)13-10-23(19-18-13)7-6-21-4-2-17-3-5-21/h10-12,17H,2-9H2,1H3/t11-,12+. The molecular weight excluding hydrogens is 338 g/mol. The Labute approximate surface area is 151 Å². The zero-order valence-corrected chi connectivity index (χ0v) is 14.8. The lowest BCUT2D eigenvalue weighted by molar-refractivity contribution is -0.138. The molecule has 10 nitrogen and oxygen atoms in total. The number of hydrogen-bond donors (Lipinski definition) is 1. The SMILES string of the molecule is CN1C(=O)[C@H]2CN(C(=O)c3cn(CCN4CCNCC4)nn3)C[C@H]2C1=O. The summed E-state index contributed by atoms with van der Waals surface area (Å²) in [6.07, 6.45) is 1.65. The molecule has 140 valence electrons. The molecule has 3 fully saturated rings. The van der Waals surface area contributed by atoms with Gasteiger partial charge < -0.3 is 10.2 Å². The summed E-state index contributed by atoms with van der Waals surface area (Å²) in [5, 5.41) is 11.3. The van der Waals surface area contributed by atoms with Crippen LogP contribution >= 0.6 is 0 Å². The molecule has 4 rings (SSSR count). The van der Waals surface area contributed by atoms with E-state index in [9.17, 15) is 14.4 Å². The van der Waals surface area contributed by atoms with Crippen LogP contribution in [0.5, 0.6) is 0 Å². The Hall–Kier alpha value is -2.33. The Bertz CT molecular complexity index is 703. The Morgan fingerprint density at radius 3 is 2.46 bits per heavy atom. The molecule has 0 radical (unpaired) electrons. The summed E-state index contributed by atoms with van der Waals surface area (Å²) in [6.45, 7) is 6.07. The number of likely N-dealkylation sites (tertiary alicyclic amines) is 2. The zero-order valence-electron chi connectivity index (χ0n) is 14.8. The molecule has 0 unspecified atom stereocenters. The minimum atomic E-state index is -0.417. The van der Waals surface area contributed by atoms with Crippen LogP contribution in [0.3, 0.4) is 0 Å². The largest absolute Gasteiger partial charge is 0.336 e. The lowest BCUT2D eigenvalue weighted by Crippen LogP contribution is -2.44. The number of carbonyl (C=O) groups is 3. The van der Waals surface area contributed by atoms with Crippen LogP contribution in [-0.2, 0) is 16.1 Å². The number of aromatic nitrogens is 3. The van der Waals surface area contributed by atoms with Crippen LogP contribution in [0.25, 0.3) is 0 Å². The zero-order chi connectivity index (χ0) is 18.3. The Kier molecular flexibility index (Phi) is 4.45. The molecule has 0 spiro atoms. The van der Waals surface area contributed by atoms with Gasteiger partial charge in [0.1, 0.15) is 0 Å². The second-order valence-electron chi connectivity index (χ2n) is 7.12. The summed E-state index contributed by atoms with van der Waals surface area (Å²) < 4.78 is 1.68. The van der Waals surface area contributed by atoms with Gasteiger partial charge in [-0.2, -0.15) is 0 Å². The van der Waals surface area contributed by atoms with E-state index in [-0.39, 0.29) is 36.5 Å². The summed E-state index contributed by atoms with van der Waals surface area (Å²) in [5.41, 5.74) is 0.263. The third kappa shape index (κ3) is 2.99. The van der Waals surface area contributed by atoms with Crippen LogP contribution in [0.15, 0.2) is 6.20 Å². The summed E-state index contributed by atoms with van der Waals surface area (Å²) in [4.78, 5) is 41.8. The van der Waals surface area contributed by atoms with E-state index in [4.69, 9.17) is 0 Å². The van der Waals surface area contributed by atoms with Gasteiger partial charge in [-0.1, -0.05) is 5.21 Å². The van der Waals surface area contributed by atoms with Gasteiger partial charge >= 0.3 is 0 Å². The van der Waals surface area contributed by atoms with Crippen LogP contribution in [0.1, 0.15) is 10.5 Å². The first kappa shape index (κ1) is 17.1. The Balaban J connectivity index is 1.35. The van der Waals surface area contributed by atoms with Gasteiger partial charge in [0.2, 0.25) is 11.8 Å². The fourth-order valence-electron chi connectivity index (χ4n) is 3.92. The number of amides is 3. The Morgan fingerprint density at radius 2 is 1.81 bits per heavy atom. The average Bonchev–Trinajstić information content (AvgIpc) is 3.36. The van der Waals surface area contributed by atoms with Gasteiger partial charge in [0.05, 0.1) is 24.6 Å². The van der Waals surface area contributed by atoms with Gasteiger partial charge in [-0.15, -0.1) is 5.10 Å². The highest BCUT2D eigenvalue weighted by Crippen LogP contribution is 2.32. The normalized spacial score (nSPS) is 26.7. The van der Waals surface area contributed by atoms with Crippen molar-refractivity contribution in [3.05, 3.63) is 11.9 Å². The van der Waals surface area contributed by atoms with Crippen molar-refractivity contribution in [2.75, 3.05) is 52.9 Å². The molecule has 0 aliphatic carbocycles. The molecule has 0 bridgehead atoms. The van der Waals surface area contributed by atoms with Crippen LogP contribution in [0.4, 0.5) is 0 Å². The summed E-state index contributed by atoms with van der Waals surface area (Å²) in [5.74, 6) is -1.50. The molecule has 3 amide bonds. The van der Waals surface area contributed by atoms with Crippen molar-refractivity contribution in [2.45, 2.75) is 6.54 Å². The topological polar surface area (TPSA) is 104 Å². The van der Waals surface area contributed by atoms with Crippen LogP contribution in [0, 0.1) is 11.8 Å². The van der Waals surface area contributed by atoms with E-state index < -0.39 is 11.8 Å². The highest BCUT2D eigenvalue weighted by Gasteiger charge is 2.52. The average molecular weight is 361 g/mol. The predicted molar refractivity (Wildman–Crippen MR) is 90.0 cm³/mol. The first-order valence-electron chi connectivity index (χ1n) is 8.98. The van der Waals surface area contributed by atoms with Crippen molar-refractivity contribution in [2.24, 2.45) is 11.8 Å². The first-order chi connectivity index (χ1) is 12.5. The van der Waals surface area contributed by atoms with Gasteiger partial charge in [0, 0.05) is 52.9 Å². The van der Waals surface area contributed by atoms with Crippen molar-refractivity contribution in [3.8, 4) is 0 Å². The quantitative estimate of drug-likeness (QED) is 0.611. The monoisotopic (exact) mass is 361 g/mol. The molecule has 26 heavy (non-hydrogen) atoms. The number of nitrogens with one attached hydrogen (secondary N) is 1. The Morgan fingerprint density at radius 1 is 1.15 bits per heavy atom. The number of rotatable bonds is 4. The molecule has 10 heteroatoms. The van der Waals surface area contributed by atoms with Gasteiger partial charge in [0.15, 0.2) is 5.69 Å². The van der Waals surface area contributed by atoms with E-state index >= 15 is 0 Å². The molecule has 1 N–H and O–H groups in total. The van der Waals surface area contributed by atoms with Crippen molar-refractivity contribution in [3.63, 3.8) is 0 Å². The third-order valence-corrected chi connectivity index (χ3v) is 5.52. The molecule has 1 aromatic rings. The molecule has 3 saturated heterocycles. The number of nitrogens with zero attached hydrogens (tertiary/aromatic N) is 6. The van der Waals surface area contributed by atoms with Crippen molar-refractivity contribution in [1.82, 2.24) is 35.0 Å². The molecule has 4 heterocycles. The maximum Gasteiger partial charge on any atom is 0.276 e. The maximum absolute atomic E-state index is 12.6. The van der Waals surface area contributed by atoms with Crippen LogP contribution in [-0.4, -0.2) is 100 Å². The van der Waals surface area contributed by atoms with E-state index in [0.29, 0.717) is 6.54 Å². The summed E-state index contributed by atoms with van der Waals surface area (Å²) >= 11 is 0. The third-order valence-electron chi connectivity index (χ3n) is 5.52. The summed E-state index contributed by atoms with van der Waals surface area (Å²) in [6, 6.07) is 0. The van der Waals surface area contributed by atoms with E-state index in [1.54, 1.807) is 15.8 Å². The van der Waals surface area contributed by atoms with Gasteiger partial charge in [-0.05, 0) is 0 Å². The van der Waals surface area contributed by atoms with Gasteiger partial charge in [-0.25, -0.2) is 0 Å². The lowest BCUT2D eigenvalue weighted by Gasteiger charge is -2.26. The van der Waals surface area contributed by atoms with Crippen molar-refractivity contribution < 1.29 is 14.4 Å². The molecule has 3 aliphatic heterocycles. The number of imide groups is 1. The van der Waals surface area contributed by atoms with Gasteiger partial charge in [-0.3, -0.25) is 28.9 Å². The number of fused-ring (bicyclic) bond motifs is 1. The smallest absolute Gasteiger partial charge is 0.276 e. The second-order valence-corrected chi connectivity index (χ2v) is 7.12. The van der Waals surface area contributed by atoms with Crippen LogP contribution in [0.2, 0.25) is 0 Å². The molecule has 0 saturated carbocycles. The fraction of sp³-hybridized carbons (Fsp3) is 0.688. The summed E-state index contributed by atoms with van der Waals surface area (Å²) in [7, 11) is 1.50. The predicted octanol–water partition coefficient (Wildman–Crippen LogP) is -2.13. The minimum absolute atomic E-state index is 0.199. The van der Waals surface area contributed by atoms with E-state index in [1.807, 2.05) is 0 Å². The highest BCUT2D eigenvalue weighted by atomic mass is 16.2. The van der Waals surface area contributed by atoms with E-state index in [2.05, 4.69) is 20.5 Å². The fourth-order valence-corrected chi connectivity index (χ4v) is 3.92.